The zero-order chi connectivity index (χ0) is 29.6. The average Bonchev–Trinajstić information content (AvgIpc) is 2.96. The Kier molecular flexibility index (Phi) is 10.3. The smallest absolute Gasteiger partial charge is 0.264 e. The van der Waals surface area contributed by atoms with Crippen molar-refractivity contribution in [1.29, 1.82) is 0 Å². The molecule has 0 heterocycles. The molecule has 1 aliphatic rings. The second-order valence-corrected chi connectivity index (χ2v) is 13.0. The minimum absolute atomic E-state index is 0.0430. The number of sulfonamides is 1. The summed E-state index contributed by atoms with van der Waals surface area (Å²) < 4.78 is 28.9. The van der Waals surface area contributed by atoms with E-state index in [2.05, 4.69) is 5.32 Å². The highest BCUT2D eigenvalue weighted by atomic mass is 35.5. The maximum Gasteiger partial charge on any atom is 0.264 e. The summed E-state index contributed by atoms with van der Waals surface area (Å²) in [7, 11) is -4.13. The van der Waals surface area contributed by atoms with Gasteiger partial charge in [-0.1, -0.05) is 84.9 Å². The molecule has 0 bridgehead atoms. The van der Waals surface area contributed by atoms with Gasteiger partial charge in [-0.2, -0.15) is 0 Å². The van der Waals surface area contributed by atoms with Crippen LogP contribution in [-0.2, 0) is 26.2 Å². The van der Waals surface area contributed by atoms with Crippen molar-refractivity contribution in [3.8, 4) is 0 Å². The third kappa shape index (κ3) is 7.42. The van der Waals surface area contributed by atoms with Crippen LogP contribution < -0.4 is 9.62 Å². The quantitative estimate of drug-likeness (QED) is 0.287. The third-order valence-electron chi connectivity index (χ3n) is 7.50. The molecule has 0 saturated heterocycles. The van der Waals surface area contributed by atoms with Gasteiger partial charge in [0.05, 0.1) is 10.6 Å². The van der Waals surface area contributed by atoms with Crippen molar-refractivity contribution in [3.63, 3.8) is 0 Å². The predicted molar refractivity (Wildman–Crippen MR) is 164 cm³/mol. The van der Waals surface area contributed by atoms with Crippen molar-refractivity contribution in [2.24, 2.45) is 0 Å². The van der Waals surface area contributed by atoms with Crippen molar-refractivity contribution in [1.82, 2.24) is 10.2 Å². The van der Waals surface area contributed by atoms with Crippen LogP contribution in [0.15, 0.2) is 77.7 Å². The van der Waals surface area contributed by atoms with Crippen LogP contribution in [0.1, 0.15) is 50.2 Å². The molecular weight excluding hydrogens is 581 g/mol. The fourth-order valence-electron chi connectivity index (χ4n) is 5.08. The fraction of sp³-hybridized carbons (Fsp3) is 0.355. The number of anilines is 1. The Morgan fingerprint density at radius 3 is 2.15 bits per heavy atom. The Hall–Kier alpha value is -3.07. The topological polar surface area (TPSA) is 86.8 Å². The molecule has 0 aliphatic heterocycles. The zero-order valence-corrected chi connectivity index (χ0v) is 25.6. The van der Waals surface area contributed by atoms with Crippen LogP contribution in [0.25, 0.3) is 0 Å². The Balaban J connectivity index is 1.71. The first-order chi connectivity index (χ1) is 19.6. The second kappa shape index (κ2) is 13.7. The van der Waals surface area contributed by atoms with E-state index in [4.69, 9.17) is 23.2 Å². The maximum absolute atomic E-state index is 14.1. The van der Waals surface area contributed by atoms with E-state index in [1.54, 1.807) is 74.5 Å². The summed E-state index contributed by atoms with van der Waals surface area (Å²) in [4.78, 5) is 29.0. The van der Waals surface area contributed by atoms with Crippen molar-refractivity contribution in [2.75, 3.05) is 10.8 Å². The van der Waals surface area contributed by atoms with Crippen LogP contribution in [0.5, 0.6) is 0 Å². The van der Waals surface area contributed by atoms with Gasteiger partial charge in [-0.05, 0) is 62.6 Å². The van der Waals surface area contributed by atoms with E-state index in [0.717, 1.165) is 36.4 Å². The first kappa shape index (κ1) is 30.9. The number of hydrogen-bond donors (Lipinski definition) is 1. The number of halogens is 2. The van der Waals surface area contributed by atoms with Crippen LogP contribution in [-0.4, -0.2) is 43.8 Å². The van der Waals surface area contributed by atoms with Gasteiger partial charge in [0.25, 0.3) is 10.0 Å². The number of carbonyl (C=O) groups excluding carboxylic acids is 2. The molecule has 1 atom stereocenters. The van der Waals surface area contributed by atoms with Crippen molar-refractivity contribution in [3.05, 3.63) is 94.0 Å². The molecule has 1 fully saturated rings. The first-order valence-corrected chi connectivity index (χ1v) is 16.0. The van der Waals surface area contributed by atoms with Crippen LogP contribution in [0.2, 0.25) is 10.0 Å². The first-order valence-electron chi connectivity index (χ1n) is 13.8. The lowest BCUT2D eigenvalue weighted by molar-refractivity contribution is -0.139. The van der Waals surface area contributed by atoms with Gasteiger partial charge in [0.2, 0.25) is 11.8 Å². The van der Waals surface area contributed by atoms with Gasteiger partial charge in [-0.3, -0.25) is 13.9 Å². The third-order valence-corrected chi connectivity index (χ3v) is 9.99. The van der Waals surface area contributed by atoms with Gasteiger partial charge in [-0.15, -0.1) is 0 Å². The van der Waals surface area contributed by atoms with E-state index < -0.39 is 28.5 Å². The van der Waals surface area contributed by atoms with Crippen molar-refractivity contribution < 1.29 is 18.0 Å². The number of nitrogens with zero attached hydrogens (tertiary/aromatic N) is 2. The number of amides is 2. The Labute approximate surface area is 252 Å². The highest BCUT2D eigenvalue weighted by Crippen LogP contribution is 2.29. The van der Waals surface area contributed by atoms with Crippen LogP contribution in [0, 0.1) is 6.92 Å². The number of benzene rings is 3. The Morgan fingerprint density at radius 1 is 0.902 bits per heavy atom. The lowest BCUT2D eigenvalue weighted by Gasteiger charge is -2.34. The molecule has 2 amide bonds. The molecule has 0 spiro atoms. The normalized spacial score (nSPS) is 14.7. The molecule has 4 rings (SSSR count). The molecular formula is C31H35Cl2N3O4S. The molecule has 41 heavy (non-hydrogen) atoms. The lowest BCUT2D eigenvalue weighted by atomic mass is 9.95. The Morgan fingerprint density at radius 2 is 1.51 bits per heavy atom. The summed E-state index contributed by atoms with van der Waals surface area (Å²) in [6, 6.07) is 19.1. The summed E-state index contributed by atoms with van der Waals surface area (Å²) in [5.74, 6) is -0.864. The molecule has 10 heteroatoms. The maximum atomic E-state index is 14.1. The monoisotopic (exact) mass is 615 g/mol. The summed E-state index contributed by atoms with van der Waals surface area (Å²) in [6.07, 6.45) is 5.00. The summed E-state index contributed by atoms with van der Waals surface area (Å²) >= 11 is 12.9. The molecule has 0 aromatic heterocycles. The zero-order valence-electron chi connectivity index (χ0n) is 23.2. The van der Waals surface area contributed by atoms with E-state index in [-0.39, 0.29) is 23.4 Å². The fourth-order valence-corrected chi connectivity index (χ4v) is 7.10. The molecule has 1 aliphatic carbocycles. The van der Waals surface area contributed by atoms with E-state index in [1.807, 2.05) is 0 Å². The standard InChI is InChI=1S/C31H35Cl2N3O4S/c1-22-12-9-10-19-29(22)36(41(39,40)25-15-7-4-8-16-25)21-30(37)35(20-26-27(32)17-11-18-28(26)33)23(2)31(38)34-24-13-5-3-6-14-24/h4,7-12,15-19,23-24H,3,5-6,13-14,20-21H2,1-2H3,(H,34,38)/t23-/m1/s1. The van der Waals surface area contributed by atoms with Crippen molar-refractivity contribution in [2.45, 2.75) is 69.5 Å². The number of carbonyl (C=O) groups is 2. The number of para-hydroxylation sites is 1. The number of rotatable bonds is 10. The molecule has 218 valence electrons. The summed E-state index contributed by atoms with van der Waals surface area (Å²) in [6.45, 7) is 2.84. The minimum atomic E-state index is -4.13. The van der Waals surface area contributed by atoms with Gasteiger partial charge in [0, 0.05) is 28.2 Å². The van der Waals surface area contributed by atoms with Crippen LogP contribution in [0.4, 0.5) is 5.69 Å². The number of nitrogens with one attached hydrogen (secondary N) is 1. The predicted octanol–water partition coefficient (Wildman–Crippen LogP) is 6.36. The van der Waals surface area contributed by atoms with E-state index in [9.17, 15) is 18.0 Å². The highest BCUT2D eigenvalue weighted by molar-refractivity contribution is 7.92. The average molecular weight is 617 g/mol. The summed E-state index contributed by atoms with van der Waals surface area (Å²) in [5, 5.41) is 3.79. The van der Waals surface area contributed by atoms with Crippen molar-refractivity contribution >= 4 is 50.7 Å². The Bertz CT molecular complexity index is 1460. The molecule has 7 nitrogen and oxygen atoms in total. The molecule has 3 aromatic carbocycles. The van der Waals surface area contributed by atoms with E-state index in [1.165, 1.54) is 17.0 Å². The van der Waals surface area contributed by atoms with Gasteiger partial charge in [0.1, 0.15) is 12.6 Å². The largest absolute Gasteiger partial charge is 0.352 e. The minimum Gasteiger partial charge on any atom is -0.352 e. The second-order valence-electron chi connectivity index (χ2n) is 10.4. The van der Waals surface area contributed by atoms with Gasteiger partial charge >= 0.3 is 0 Å². The van der Waals surface area contributed by atoms with Gasteiger partial charge in [-0.25, -0.2) is 8.42 Å². The SMILES string of the molecule is Cc1ccccc1N(CC(=O)N(Cc1c(Cl)cccc1Cl)[C@H](C)C(=O)NC1CCCCC1)S(=O)(=O)c1ccccc1. The van der Waals surface area contributed by atoms with E-state index in [0.29, 0.717) is 26.9 Å². The number of hydrogen-bond acceptors (Lipinski definition) is 4. The molecule has 1 N–H and O–H groups in total. The van der Waals surface area contributed by atoms with Gasteiger partial charge in [0.15, 0.2) is 0 Å². The molecule has 0 unspecified atom stereocenters. The highest BCUT2D eigenvalue weighted by Gasteiger charge is 2.34. The van der Waals surface area contributed by atoms with E-state index >= 15 is 0 Å². The number of aryl methyl sites for hydroxylation is 1. The van der Waals surface area contributed by atoms with Crippen LogP contribution >= 0.6 is 23.2 Å². The lowest BCUT2D eigenvalue weighted by Crippen LogP contribution is -2.53. The molecule has 0 radical (unpaired) electrons. The van der Waals surface area contributed by atoms with Gasteiger partial charge < -0.3 is 10.2 Å². The molecule has 3 aromatic rings. The van der Waals surface area contributed by atoms with Crippen LogP contribution in [0.3, 0.4) is 0 Å². The summed E-state index contributed by atoms with van der Waals surface area (Å²) in [5.41, 5.74) is 1.54. The molecule has 1 saturated carbocycles.